The minimum atomic E-state index is -0.336. The SMILES string of the molecule is CCOC(=O)c1c(NC(=O)CSc2nc(C)nc3c2CCC3)sc2c1CC[C@@H](C)C2. The van der Waals surface area contributed by atoms with E-state index in [9.17, 15) is 9.59 Å². The largest absolute Gasteiger partial charge is 0.462 e. The zero-order chi connectivity index (χ0) is 21.3. The van der Waals surface area contributed by atoms with Crippen molar-refractivity contribution in [3.8, 4) is 0 Å². The second-order valence-corrected chi connectivity index (χ2v) is 10.0. The van der Waals surface area contributed by atoms with Crippen molar-refractivity contribution in [1.82, 2.24) is 9.97 Å². The first-order chi connectivity index (χ1) is 14.5. The maximum Gasteiger partial charge on any atom is 0.341 e. The molecule has 1 atom stereocenters. The first kappa shape index (κ1) is 21.3. The van der Waals surface area contributed by atoms with Crippen LogP contribution in [0.2, 0.25) is 0 Å². The molecular formula is C22H27N3O3S2. The van der Waals surface area contributed by atoms with Crippen LogP contribution in [0.25, 0.3) is 0 Å². The molecule has 0 spiro atoms. The van der Waals surface area contributed by atoms with Gasteiger partial charge in [-0.2, -0.15) is 0 Å². The highest BCUT2D eigenvalue weighted by atomic mass is 32.2. The Kier molecular flexibility index (Phi) is 6.43. The van der Waals surface area contributed by atoms with E-state index in [1.165, 1.54) is 33.5 Å². The van der Waals surface area contributed by atoms with Gasteiger partial charge in [-0.25, -0.2) is 14.8 Å². The van der Waals surface area contributed by atoms with Crippen molar-refractivity contribution in [2.24, 2.45) is 5.92 Å². The second-order valence-electron chi connectivity index (χ2n) is 7.97. The number of carbonyl (C=O) groups is 2. The number of aromatic nitrogens is 2. The highest BCUT2D eigenvalue weighted by Crippen LogP contribution is 2.40. The number of nitrogens with zero attached hydrogens (tertiary/aromatic N) is 2. The number of carbonyl (C=O) groups excluding carboxylic acids is 2. The fourth-order valence-corrected chi connectivity index (χ4v) is 6.54. The number of anilines is 1. The number of nitrogens with one attached hydrogen (secondary N) is 1. The Balaban J connectivity index is 1.50. The third-order valence-corrected chi connectivity index (χ3v) is 7.78. The summed E-state index contributed by atoms with van der Waals surface area (Å²) in [6.07, 6.45) is 5.91. The van der Waals surface area contributed by atoms with E-state index in [4.69, 9.17) is 4.74 Å². The lowest BCUT2D eigenvalue weighted by Gasteiger charge is -2.18. The van der Waals surface area contributed by atoms with E-state index >= 15 is 0 Å². The summed E-state index contributed by atoms with van der Waals surface area (Å²) < 4.78 is 5.29. The van der Waals surface area contributed by atoms with E-state index < -0.39 is 0 Å². The van der Waals surface area contributed by atoms with Crippen LogP contribution in [0.5, 0.6) is 0 Å². The van der Waals surface area contributed by atoms with Gasteiger partial charge in [0.25, 0.3) is 0 Å². The van der Waals surface area contributed by atoms with E-state index in [2.05, 4.69) is 22.2 Å². The topological polar surface area (TPSA) is 81.2 Å². The second kappa shape index (κ2) is 9.06. The Morgan fingerprint density at radius 2 is 2.07 bits per heavy atom. The molecular weight excluding hydrogens is 418 g/mol. The van der Waals surface area contributed by atoms with Crippen LogP contribution in [0, 0.1) is 12.8 Å². The monoisotopic (exact) mass is 445 g/mol. The van der Waals surface area contributed by atoms with Crippen LogP contribution in [0.3, 0.4) is 0 Å². The number of esters is 1. The van der Waals surface area contributed by atoms with E-state index in [0.29, 0.717) is 23.1 Å². The molecule has 2 aliphatic rings. The third-order valence-electron chi connectivity index (χ3n) is 5.59. The number of hydrogen-bond acceptors (Lipinski definition) is 7. The number of rotatable bonds is 6. The number of ether oxygens (including phenoxy) is 1. The molecule has 0 saturated carbocycles. The Morgan fingerprint density at radius 3 is 2.87 bits per heavy atom. The molecule has 2 heterocycles. The molecule has 4 rings (SSSR count). The molecule has 0 unspecified atom stereocenters. The van der Waals surface area contributed by atoms with Gasteiger partial charge in [-0.05, 0) is 63.9 Å². The molecule has 6 nitrogen and oxygen atoms in total. The van der Waals surface area contributed by atoms with Gasteiger partial charge < -0.3 is 10.1 Å². The van der Waals surface area contributed by atoms with E-state index in [-0.39, 0.29) is 17.6 Å². The van der Waals surface area contributed by atoms with Crippen molar-refractivity contribution in [1.29, 1.82) is 0 Å². The van der Waals surface area contributed by atoms with Crippen molar-refractivity contribution in [2.75, 3.05) is 17.7 Å². The highest BCUT2D eigenvalue weighted by Gasteiger charge is 2.29. The normalized spacial score (nSPS) is 17.4. The van der Waals surface area contributed by atoms with Crippen LogP contribution < -0.4 is 5.32 Å². The van der Waals surface area contributed by atoms with Gasteiger partial charge in [-0.1, -0.05) is 18.7 Å². The van der Waals surface area contributed by atoms with Crippen molar-refractivity contribution in [3.05, 3.63) is 33.1 Å². The molecule has 0 aromatic carbocycles. The predicted molar refractivity (Wildman–Crippen MR) is 120 cm³/mol. The number of amides is 1. The molecule has 1 N–H and O–H groups in total. The van der Waals surface area contributed by atoms with Gasteiger partial charge in [-0.3, -0.25) is 4.79 Å². The summed E-state index contributed by atoms with van der Waals surface area (Å²) in [4.78, 5) is 35.7. The summed E-state index contributed by atoms with van der Waals surface area (Å²) in [5.41, 5.74) is 3.92. The standard InChI is InChI=1S/C22H27N3O3S2/c1-4-28-22(27)19-15-9-8-12(2)10-17(15)30-21(19)25-18(26)11-29-20-14-6-5-7-16(14)23-13(3)24-20/h12H,4-11H2,1-3H3,(H,25,26)/t12-/m1/s1. The van der Waals surface area contributed by atoms with Crippen LogP contribution in [0.1, 0.15) is 64.6 Å². The van der Waals surface area contributed by atoms with Crippen LogP contribution in [-0.4, -0.2) is 34.2 Å². The number of fused-ring (bicyclic) bond motifs is 2. The molecule has 0 aliphatic heterocycles. The highest BCUT2D eigenvalue weighted by molar-refractivity contribution is 8.00. The van der Waals surface area contributed by atoms with E-state index in [0.717, 1.165) is 60.6 Å². The molecule has 1 amide bonds. The molecule has 2 aliphatic carbocycles. The van der Waals surface area contributed by atoms with Gasteiger partial charge in [0.05, 0.1) is 17.9 Å². The first-order valence-electron chi connectivity index (χ1n) is 10.6. The lowest BCUT2D eigenvalue weighted by Crippen LogP contribution is -2.18. The van der Waals surface area contributed by atoms with Crippen LogP contribution in [0.4, 0.5) is 5.00 Å². The van der Waals surface area contributed by atoms with Crippen molar-refractivity contribution >= 4 is 40.0 Å². The van der Waals surface area contributed by atoms with Gasteiger partial charge >= 0.3 is 5.97 Å². The molecule has 0 saturated heterocycles. The van der Waals surface area contributed by atoms with Crippen LogP contribution >= 0.6 is 23.1 Å². The molecule has 2 aromatic heterocycles. The van der Waals surface area contributed by atoms with Crippen LogP contribution in [0.15, 0.2) is 5.03 Å². The van der Waals surface area contributed by atoms with Gasteiger partial charge in [0.15, 0.2) is 0 Å². The summed E-state index contributed by atoms with van der Waals surface area (Å²) in [5.74, 6) is 1.14. The maximum atomic E-state index is 12.8. The fraction of sp³-hybridized carbons (Fsp3) is 0.545. The smallest absolute Gasteiger partial charge is 0.341 e. The number of aryl methyl sites for hydroxylation is 2. The minimum absolute atomic E-state index is 0.125. The quantitative estimate of drug-likeness (QED) is 0.404. The summed E-state index contributed by atoms with van der Waals surface area (Å²) >= 11 is 2.98. The van der Waals surface area contributed by atoms with Crippen molar-refractivity contribution in [3.63, 3.8) is 0 Å². The van der Waals surface area contributed by atoms with Crippen LogP contribution in [-0.2, 0) is 35.2 Å². The summed E-state index contributed by atoms with van der Waals surface area (Å²) in [6.45, 7) is 6.24. The summed E-state index contributed by atoms with van der Waals surface area (Å²) in [6, 6.07) is 0. The zero-order valence-electron chi connectivity index (χ0n) is 17.7. The average Bonchev–Trinajstić information content (AvgIpc) is 3.29. The first-order valence-corrected chi connectivity index (χ1v) is 12.4. The Hall–Kier alpha value is -1.93. The minimum Gasteiger partial charge on any atom is -0.462 e. The number of hydrogen-bond donors (Lipinski definition) is 1. The summed E-state index contributed by atoms with van der Waals surface area (Å²) in [5, 5.41) is 4.53. The fourth-order valence-electron chi connectivity index (χ4n) is 4.19. The van der Waals surface area contributed by atoms with Gasteiger partial charge in [0.2, 0.25) is 5.91 Å². The number of thiophene rings is 1. The lowest BCUT2D eigenvalue weighted by molar-refractivity contribution is -0.113. The van der Waals surface area contributed by atoms with Gasteiger partial charge in [-0.15, -0.1) is 11.3 Å². The Labute approximate surface area is 185 Å². The molecule has 0 radical (unpaired) electrons. The predicted octanol–water partition coefficient (Wildman–Crippen LogP) is 4.37. The maximum absolute atomic E-state index is 12.8. The van der Waals surface area contributed by atoms with Gasteiger partial charge in [0, 0.05) is 16.1 Å². The van der Waals surface area contributed by atoms with E-state index in [1.807, 2.05) is 6.92 Å². The molecule has 0 fully saturated rings. The van der Waals surface area contributed by atoms with E-state index in [1.54, 1.807) is 6.92 Å². The van der Waals surface area contributed by atoms with Gasteiger partial charge in [0.1, 0.15) is 15.9 Å². The lowest BCUT2D eigenvalue weighted by atomic mass is 9.88. The average molecular weight is 446 g/mol. The molecule has 30 heavy (non-hydrogen) atoms. The van der Waals surface area contributed by atoms with Crippen molar-refractivity contribution in [2.45, 2.75) is 64.3 Å². The third kappa shape index (κ3) is 4.39. The Morgan fingerprint density at radius 1 is 1.23 bits per heavy atom. The summed E-state index contributed by atoms with van der Waals surface area (Å²) in [7, 11) is 0. The van der Waals surface area contributed by atoms with Crippen molar-refractivity contribution < 1.29 is 14.3 Å². The molecule has 2 aromatic rings. The molecule has 0 bridgehead atoms. The molecule has 160 valence electrons. The Bertz CT molecular complexity index is 986. The molecule has 8 heteroatoms. The number of thioether (sulfide) groups is 1. The zero-order valence-corrected chi connectivity index (χ0v) is 19.3.